The number of carbonyl (C=O) groups excluding carboxylic acids is 1. The lowest BCUT2D eigenvalue weighted by atomic mass is 10.0. The summed E-state index contributed by atoms with van der Waals surface area (Å²) in [4.78, 5) is 36.6. The number of nitro benzene ring substituents is 1. The molecule has 0 aliphatic carbocycles. The first-order valence-corrected chi connectivity index (χ1v) is 10.9. The summed E-state index contributed by atoms with van der Waals surface area (Å²) < 4.78 is 1.03. The molecule has 0 aliphatic heterocycles. The highest BCUT2D eigenvalue weighted by Crippen LogP contribution is 2.32. The number of ketones is 1. The van der Waals surface area contributed by atoms with Crippen LogP contribution in [0.3, 0.4) is 0 Å². The molecule has 1 aromatic heterocycles. The number of benzene rings is 2. The Morgan fingerprint density at radius 3 is 2.46 bits per heavy atom. The van der Waals surface area contributed by atoms with Gasteiger partial charge in [0, 0.05) is 34.3 Å². The van der Waals surface area contributed by atoms with Gasteiger partial charge in [-0.15, -0.1) is 10.2 Å². The highest BCUT2D eigenvalue weighted by Gasteiger charge is 2.21. The minimum atomic E-state index is -0.711. The van der Waals surface area contributed by atoms with Crippen molar-refractivity contribution in [1.29, 1.82) is 5.26 Å². The van der Waals surface area contributed by atoms with E-state index < -0.39 is 27.8 Å². The van der Waals surface area contributed by atoms with Crippen LogP contribution < -0.4 is 5.56 Å². The van der Waals surface area contributed by atoms with Crippen molar-refractivity contribution in [2.24, 2.45) is 10.2 Å². The van der Waals surface area contributed by atoms with Crippen LogP contribution in [0.4, 0.5) is 17.1 Å². The normalized spacial score (nSPS) is 10.9. The van der Waals surface area contributed by atoms with Gasteiger partial charge in [-0.1, -0.05) is 24.9 Å². The van der Waals surface area contributed by atoms with Crippen molar-refractivity contribution in [3.63, 3.8) is 0 Å². The first-order valence-electron chi connectivity index (χ1n) is 10.6. The Hall–Kier alpha value is -4.36. The molecule has 10 nitrogen and oxygen atoms in total. The van der Waals surface area contributed by atoms with E-state index >= 15 is 0 Å². The molecule has 1 heterocycles. The third-order valence-corrected chi connectivity index (χ3v) is 5.55. The van der Waals surface area contributed by atoms with Crippen LogP contribution in [-0.2, 0) is 6.54 Å². The number of rotatable bonds is 8. The highest BCUT2D eigenvalue weighted by atomic mass is 35.5. The molecule has 0 spiro atoms. The maximum atomic E-state index is 12.9. The second-order valence-corrected chi connectivity index (χ2v) is 8.03. The van der Waals surface area contributed by atoms with E-state index in [1.807, 2.05) is 13.0 Å². The predicted octanol–water partition coefficient (Wildman–Crippen LogP) is 5.74. The molecule has 0 aliphatic rings. The van der Waals surface area contributed by atoms with Crippen LogP contribution in [0.25, 0.3) is 0 Å². The van der Waals surface area contributed by atoms with E-state index in [2.05, 4.69) is 10.2 Å². The van der Waals surface area contributed by atoms with Gasteiger partial charge in [-0.25, -0.2) is 0 Å². The lowest BCUT2D eigenvalue weighted by Gasteiger charge is -2.12. The van der Waals surface area contributed by atoms with Gasteiger partial charge in [-0.05, 0) is 49.7 Å². The first kappa shape index (κ1) is 25.3. The van der Waals surface area contributed by atoms with E-state index in [1.165, 1.54) is 43.3 Å². The summed E-state index contributed by atoms with van der Waals surface area (Å²) in [5.41, 5.74) is -1.23. The molecule has 178 valence electrons. The van der Waals surface area contributed by atoms with E-state index in [-0.39, 0.29) is 34.6 Å². The van der Waals surface area contributed by atoms with Crippen molar-refractivity contribution in [2.45, 2.75) is 33.2 Å². The summed E-state index contributed by atoms with van der Waals surface area (Å²) in [6.45, 7) is 3.50. The molecule has 3 rings (SSSR count). The number of aromatic hydroxyl groups is 1. The van der Waals surface area contributed by atoms with Crippen molar-refractivity contribution in [2.75, 3.05) is 0 Å². The Labute approximate surface area is 204 Å². The van der Waals surface area contributed by atoms with Gasteiger partial charge in [0.2, 0.25) is 5.88 Å². The molecule has 1 N–H and O–H groups in total. The SMILES string of the molecule is CCCCn1c(O)c(C#N)c(C)c(N=Nc2ccc(C(=O)c3ccc(Cl)cc3)cc2[N+](=O)[O-])c1=O. The zero-order chi connectivity index (χ0) is 25.7. The number of pyridine rings is 1. The highest BCUT2D eigenvalue weighted by molar-refractivity contribution is 6.30. The fourth-order valence-corrected chi connectivity index (χ4v) is 3.47. The van der Waals surface area contributed by atoms with Gasteiger partial charge in [-0.3, -0.25) is 24.3 Å². The van der Waals surface area contributed by atoms with Crippen molar-refractivity contribution in [1.82, 2.24) is 4.57 Å². The molecule has 0 atom stereocenters. The average Bonchev–Trinajstić information content (AvgIpc) is 2.84. The number of halogens is 1. The zero-order valence-electron chi connectivity index (χ0n) is 18.9. The van der Waals surface area contributed by atoms with Gasteiger partial charge in [0.25, 0.3) is 11.2 Å². The smallest absolute Gasteiger partial charge is 0.297 e. The summed E-state index contributed by atoms with van der Waals surface area (Å²) in [5.74, 6) is -0.904. The van der Waals surface area contributed by atoms with Crippen molar-refractivity contribution < 1.29 is 14.8 Å². The molecule has 11 heteroatoms. The number of unbranched alkanes of at least 4 members (excludes halogenated alkanes) is 1. The van der Waals surface area contributed by atoms with Gasteiger partial charge in [0.05, 0.1) is 4.92 Å². The van der Waals surface area contributed by atoms with Crippen LogP contribution in [0.15, 0.2) is 57.5 Å². The summed E-state index contributed by atoms with van der Waals surface area (Å²) in [7, 11) is 0. The van der Waals surface area contributed by atoms with Crippen LogP contribution in [-0.4, -0.2) is 20.4 Å². The Kier molecular flexibility index (Phi) is 7.73. The number of hydrogen-bond donors (Lipinski definition) is 1. The van der Waals surface area contributed by atoms with Gasteiger partial charge in [-0.2, -0.15) is 5.26 Å². The lowest BCUT2D eigenvalue weighted by molar-refractivity contribution is -0.384. The van der Waals surface area contributed by atoms with Crippen molar-refractivity contribution in [3.8, 4) is 11.9 Å². The van der Waals surface area contributed by atoms with Crippen molar-refractivity contribution >= 4 is 34.4 Å². The quantitative estimate of drug-likeness (QED) is 0.183. The Bertz CT molecular complexity index is 1440. The second-order valence-electron chi connectivity index (χ2n) is 7.59. The molecule has 0 saturated heterocycles. The number of azo groups is 1. The predicted molar refractivity (Wildman–Crippen MR) is 129 cm³/mol. The third-order valence-electron chi connectivity index (χ3n) is 5.30. The summed E-state index contributed by atoms with van der Waals surface area (Å²) in [6.07, 6.45) is 1.32. The lowest BCUT2D eigenvalue weighted by Crippen LogP contribution is -2.22. The zero-order valence-corrected chi connectivity index (χ0v) is 19.6. The molecule has 0 amide bonds. The van der Waals surface area contributed by atoms with E-state index in [4.69, 9.17) is 11.6 Å². The van der Waals surface area contributed by atoms with Gasteiger partial charge in [0.1, 0.15) is 11.6 Å². The molecule has 0 radical (unpaired) electrons. The summed E-state index contributed by atoms with van der Waals surface area (Å²) >= 11 is 5.84. The van der Waals surface area contributed by atoms with Gasteiger partial charge >= 0.3 is 0 Å². The van der Waals surface area contributed by atoms with Crippen LogP contribution in [0.5, 0.6) is 5.88 Å². The summed E-state index contributed by atoms with van der Waals surface area (Å²) in [6, 6.07) is 11.6. The minimum absolute atomic E-state index is 0.0625. The van der Waals surface area contributed by atoms with Crippen LogP contribution >= 0.6 is 11.6 Å². The Morgan fingerprint density at radius 2 is 1.86 bits per heavy atom. The molecule has 0 saturated carbocycles. The second kappa shape index (κ2) is 10.7. The Balaban J connectivity index is 2.06. The number of nitro groups is 1. The number of nitrogens with zero attached hydrogens (tertiary/aromatic N) is 5. The number of nitriles is 1. The fourth-order valence-electron chi connectivity index (χ4n) is 3.35. The van der Waals surface area contributed by atoms with E-state index in [0.29, 0.717) is 17.0 Å². The Morgan fingerprint density at radius 1 is 1.20 bits per heavy atom. The largest absolute Gasteiger partial charge is 0.493 e. The molecular formula is C24H20ClN5O5. The molecule has 0 fully saturated rings. The third kappa shape index (κ3) is 5.26. The fraction of sp³-hybridized carbons (Fsp3) is 0.208. The number of aromatic nitrogens is 1. The van der Waals surface area contributed by atoms with Crippen LogP contribution in [0.2, 0.25) is 5.02 Å². The molecule has 0 bridgehead atoms. The number of hydrogen-bond acceptors (Lipinski definition) is 8. The first-order chi connectivity index (χ1) is 16.7. The van der Waals surface area contributed by atoms with Crippen molar-refractivity contribution in [3.05, 3.63) is 90.2 Å². The maximum Gasteiger partial charge on any atom is 0.297 e. The molecule has 35 heavy (non-hydrogen) atoms. The van der Waals surface area contributed by atoms with Crippen LogP contribution in [0, 0.1) is 28.4 Å². The number of carbonyl (C=O) groups is 1. The topological polar surface area (TPSA) is 151 Å². The van der Waals surface area contributed by atoms with E-state index in [0.717, 1.165) is 17.1 Å². The molecule has 2 aromatic carbocycles. The summed E-state index contributed by atoms with van der Waals surface area (Å²) in [5, 5.41) is 39.7. The molecular weight excluding hydrogens is 474 g/mol. The molecule has 0 unspecified atom stereocenters. The minimum Gasteiger partial charge on any atom is -0.493 e. The maximum absolute atomic E-state index is 12.9. The molecule has 3 aromatic rings. The van der Waals surface area contributed by atoms with E-state index in [1.54, 1.807) is 0 Å². The van der Waals surface area contributed by atoms with Crippen LogP contribution in [0.1, 0.15) is 46.8 Å². The van der Waals surface area contributed by atoms with Gasteiger partial charge in [0.15, 0.2) is 17.2 Å². The average molecular weight is 494 g/mol. The standard InChI is InChI=1S/C24H20ClN5O5/c1-3-4-11-29-23(32)18(13-26)14(2)21(24(29)33)28-27-19-10-7-16(12-20(19)30(34)35)22(31)15-5-8-17(25)9-6-15/h5-10,12,32H,3-4,11H2,1-2H3. The van der Waals surface area contributed by atoms with E-state index in [9.17, 15) is 30.1 Å². The van der Waals surface area contributed by atoms with Gasteiger partial charge < -0.3 is 5.11 Å². The monoisotopic (exact) mass is 493 g/mol.